The summed E-state index contributed by atoms with van der Waals surface area (Å²) in [7, 11) is 0. The Kier molecular flexibility index (Phi) is 4.13. The van der Waals surface area contributed by atoms with E-state index < -0.39 is 0 Å². The summed E-state index contributed by atoms with van der Waals surface area (Å²) >= 11 is 1.82. The first-order valence-corrected chi connectivity index (χ1v) is 8.26. The van der Waals surface area contributed by atoms with Gasteiger partial charge in [0, 0.05) is 16.6 Å². The molecule has 3 nitrogen and oxygen atoms in total. The predicted octanol–water partition coefficient (Wildman–Crippen LogP) is 3.89. The van der Waals surface area contributed by atoms with Crippen molar-refractivity contribution in [3.05, 3.63) is 34.5 Å². The van der Waals surface area contributed by atoms with Crippen molar-refractivity contribution in [3.8, 4) is 10.7 Å². The molecule has 0 bridgehead atoms. The van der Waals surface area contributed by atoms with E-state index in [1.807, 2.05) is 24.3 Å². The van der Waals surface area contributed by atoms with Crippen LogP contribution in [0.15, 0.2) is 18.2 Å². The fourth-order valence-corrected chi connectivity index (χ4v) is 3.90. The molecule has 0 radical (unpaired) electrons. The summed E-state index contributed by atoms with van der Waals surface area (Å²) in [4.78, 5) is 10.9. The first-order chi connectivity index (χ1) is 9.78. The van der Waals surface area contributed by atoms with E-state index in [1.54, 1.807) is 0 Å². The molecule has 0 saturated carbocycles. The zero-order chi connectivity index (χ0) is 13.9. The van der Waals surface area contributed by atoms with Crippen molar-refractivity contribution in [3.63, 3.8) is 0 Å². The number of hydrogen-bond donors (Lipinski definition) is 1. The van der Waals surface area contributed by atoms with Gasteiger partial charge in [0.25, 0.3) is 0 Å². The number of nitrogens with one attached hydrogen (secondary N) is 1. The summed E-state index contributed by atoms with van der Waals surface area (Å²) in [6.07, 6.45) is 4.76. The van der Waals surface area contributed by atoms with E-state index in [1.165, 1.54) is 29.8 Å². The van der Waals surface area contributed by atoms with Crippen LogP contribution in [0.2, 0.25) is 0 Å². The van der Waals surface area contributed by atoms with Gasteiger partial charge in [-0.15, -0.1) is 11.3 Å². The number of hydrogen-bond acceptors (Lipinski definition) is 4. The molecule has 2 aromatic heterocycles. The predicted molar refractivity (Wildman–Crippen MR) is 84.1 cm³/mol. The van der Waals surface area contributed by atoms with Crippen molar-refractivity contribution in [1.29, 1.82) is 0 Å². The van der Waals surface area contributed by atoms with E-state index in [9.17, 15) is 0 Å². The van der Waals surface area contributed by atoms with E-state index in [-0.39, 0.29) is 0 Å². The van der Waals surface area contributed by atoms with Gasteiger partial charge in [-0.2, -0.15) is 0 Å². The topological polar surface area (TPSA) is 37.8 Å². The minimum absolute atomic E-state index is 0.495. The molecule has 1 N–H and O–H groups in total. The van der Waals surface area contributed by atoms with Gasteiger partial charge in [-0.05, 0) is 51.3 Å². The quantitative estimate of drug-likeness (QED) is 0.927. The van der Waals surface area contributed by atoms with Gasteiger partial charge >= 0.3 is 0 Å². The third-order valence-corrected chi connectivity index (χ3v) is 4.93. The smallest absolute Gasteiger partial charge is 0.142 e. The molecular weight excluding hydrogens is 266 g/mol. The average Bonchev–Trinajstić information content (AvgIpc) is 2.89. The fourth-order valence-electron chi connectivity index (χ4n) is 2.70. The highest BCUT2D eigenvalue weighted by molar-refractivity contribution is 7.15. The zero-order valence-corrected chi connectivity index (χ0v) is 13.0. The number of fused-ring (bicyclic) bond motifs is 1. The Hall–Kier alpha value is -1.26. The number of aryl methyl sites for hydroxylation is 2. The summed E-state index contributed by atoms with van der Waals surface area (Å²) < 4.78 is 0. The van der Waals surface area contributed by atoms with Crippen molar-refractivity contribution in [2.75, 3.05) is 6.54 Å². The van der Waals surface area contributed by atoms with Crippen LogP contribution >= 0.6 is 11.3 Å². The lowest BCUT2D eigenvalue weighted by Crippen LogP contribution is -2.24. The highest BCUT2D eigenvalue weighted by Gasteiger charge is 2.24. The van der Waals surface area contributed by atoms with Gasteiger partial charge in [0.05, 0.1) is 11.4 Å². The molecule has 1 aliphatic rings. The molecule has 20 heavy (non-hydrogen) atoms. The lowest BCUT2D eigenvalue weighted by Gasteiger charge is -2.22. The minimum Gasteiger partial charge on any atom is -0.309 e. The van der Waals surface area contributed by atoms with Crippen molar-refractivity contribution >= 4 is 11.3 Å². The molecule has 0 spiro atoms. The van der Waals surface area contributed by atoms with Crippen LogP contribution in [0.25, 0.3) is 10.7 Å². The van der Waals surface area contributed by atoms with Crippen LogP contribution in [0.1, 0.15) is 48.5 Å². The van der Waals surface area contributed by atoms with Gasteiger partial charge in [0.1, 0.15) is 5.01 Å². The lowest BCUT2D eigenvalue weighted by atomic mass is 9.98. The molecule has 2 aromatic rings. The molecule has 1 aliphatic carbocycles. The van der Waals surface area contributed by atoms with Gasteiger partial charge in [-0.25, -0.2) is 4.98 Å². The maximum atomic E-state index is 4.84. The maximum Gasteiger partial charge on any atom is 0.142 e. The Balaban J connectivity index is 1.91. The molecule has 0 saturated heterocycles. The van der Waals surface area contributed by atoms with Crippen LogP contribution in [-0.4, -0.2) is 16.5 Å². The fraction of sp³-hybridized carbons (Fsp3) is 0.500. The molecule has 4 heteroatoms. The summed E-state index contributed by atoms with van der Waals surface area (Å²) in [6, 6.07) is 6.65. The van der Waals surface area contributed by atoms with Crippen molar-refractivity contribution in [2.45, 2.75) is 45.6 Å². The molecule has 1 atom stereocenters. The van der Waals surface area contributed by atoms with Crippen molar-refractivity contribution in [1.82, 2.24) is 15.3 Å². The summed E-state index contributed by atoms with van der Waals surface area (Å²) in [5.74, 6) is 0. The second-order valence-corrected chi connectivity index (χ2v) is 6.42. The molecule has 0 amide bonds. The number of pyridine rings is 1. The Morgan fingerprint density at radius 2 is 2.25 bits per heavy atom. The first-order valence-electron chi connectivity index (χ1n) is 7.45. The van der Waals surface area contributed by atoms with Gasteiger partial charge in [0.15, 0.2) is 0 Å². The van der Waals surface area contributed by atoms with Crippen LogP contribution in [0.4, 0.5) is 0 Å². The summed E-state index contributed by atoms with van der Waals surface area (Å²) in [5.41, 5.74) is 3.35. The number of nitrogens with zero attached hydrogens (tertiary/aromatic N) is 2. The third kappa shape index (κ3) is 2.76. The van der Waals surface area contributed by atoms with Crippen molar-refractivity contribution < 1.29 is 0 Å². The lowest BCUT2D eigenvalue weighted by molar-refractivity contribution is 0.465. The molecule has 1 unspecified atom stereocenters. The maximum absolute atomic E-state index is 4.84. The molecule has 0 aromatic carbocycles. The van der Waals surface area contributed by atoms with Crippen LogP contribution in [0, 0.1) is 6.92 Å². The van der Waals surface area contributed by atoms with Gasteiger partial charge in [0.2, 0.25) is 0 Å². The Morgan fingerprint density at radius 3 is 3.05 bits per heavy atom. The SMILES string of the molecule is CCCNC1CCCc2nc(-c3cccc(C)n3)sc21. The van der Waals surface area contributed by atoms with Crippen LogP contribution < -0.4 is 5.32 Å². The van der Waals surface area contributed by atoms with E-state index in [0.29, 0.717) is 6.04 Å². The van der Waals surface area contributed by atoms with Gasteiger partial charge < -0.3 is 5.32 Å². The minimum atomic E-state index is 0.495. The number of thiazole rings is 1. The van der Waals surface area contributed by atoms with Gasteiger partial charge in [-0.1, -0.05) is 13.0 Å². The molecule has 3 rings (SSSR count). The molecule has 0 fully saturated rings. The molecule has 106 valence electrons. The molecular formula is C16H21N3S. The second kappa shape index (κ2) is 6.02. The average molecular weight is 287 g/mol. The molecule has 0 aliphatic heterocycles. The second-order valence-electron chi connectivity index (χ2n) is 5.39. The highest BCUT2D eigenvalue weighted by atomic mass is 32.1. The monoisotopic (exact) mass is 287 g/mol. The standard InChI is InChI=1S/C16H21N3S/c1-3-10-17-12-7-5-8-13-15(12)20-16(19-13)14-9-4-6-11(2)18-14/h4,6,9,12,17H,3,5,7-8,10H2,1-2H3. The Labute approximate surface area is 124 Å². The van der Waals surface area contributed by atoms with Crippen molar-refractivity contribution in [2.24, 2.45) is 0 Å². The van der Waals surface area contributed by atoms with E-state index >= 15 is 0 Å². The molecule has 2 heterocycles. The zero-order valence-electron chi connectivity index (χ0n) is 12.1. The summed E-state index contributed by atoms with van der Waals surface area (Å²) in [5, 5.41) is 4.73. The third-order valence-electron chi connectivity index (χ3n) is 3.70. The number of aromatic nitrogens is 2. The van der Waals surface area contributed by atoms with E-state index in [4.69, 9.17) is 4.98 Å². The first kappa shape index (κ1) is 13.7. The van der Waals surface area contributed by atoms with E-state index in [0.717, 1.165) is 29.4 Å². The van der Waals surface area contributed by atoms with Crippen LogP contribution in [0.5, 0.6) is 0 Å². The summed E-state index contributed by atoms with van der Waals surface area (Å²) in [6.45, 7) is 5.33. The largest absolute Gasteiger partial charge is 0.309 e. The van der Waals surface area contributed by atoms with Gasteiger partial charge in [-0.3, -0.25) is 4.98 Å². The van der Waals surface area contributed by atoms with E-state index in [2.05, 4.69) is 29.4 Å². The van der Waals surface area contributed by atoms with Crippen LogP contribution in [0.3, 0.4) is 0 Å². The van der Waals surface area contributed by atoms with Crippen LogP contribution in [-0.2, 0) is 6.42 Å². The number of rotatable bonds is 4. The normalized spacial score (nSPS) is 18.0. The Bertz CT molecular complexity index is 591. The highest BCUT2D eigenvalue weighted by Crippen LogP contribution is 2.37. The Morgan fingerprint density at radius 1 is 1.35 bits per heavy atom.